The second-order valence-electron chi connectivity index (χ2n) is 25.3. The Balaban J connectivity index is 6.20. The van der Waals surface area contributed by atoms with Crippen molar-refractivity contribution in [2.75, 3.05) is 105 Å². The minimum Gasteiger partial charge on any atom is -0.368 e. The zero-order valence-electron chi connectivity index (χ0n) is 58.5. The molecule has 0 spiro atoms. The van der Waals surface area contributed by atoms with E-state index in [2.05, 4.69) is 33.5 Å². The number of amides is 11. The summed E-state index contributed by atoms with van der Waals surface area (Å²) >= 11 is 0. The van der Waals surface area contributed by atoms with Crippen LogP contribution in [0.4, 0.5) is 0 Å². The summed E-state index contributed by atoms with van der Waals surface area (Å²) in [5.74, 6) is -5.05. The number of nitrogens with one attached hydrogen (secondary N) is 5. The number of rotatable bonds is 60. The number of primary amides is 1. The lowest BCUT2D eigenvalue weighted by Gasteiger charge is -2.32. The summed E-state index contributed by atoms with van der Waals surface area (Å²) in [6.07, 6.45) is 21.6. The molecular formula is C66H129N17O11. The first kappa shape index (κ1) is 87.9. The zero-order valence-corrected chi connectivity index (χ0v) is 58.5. The number of nitrogens with two attached hydrogens (primary N) is 7. The van der Waals surface area contributed by atoms with E-state index in [0.29, 0.717) is 103 Å². The maximum atomic E-state index is 14.3. The van der Waals surface area contributed by atoms with Crippen LogP contribution in [0.5, 0.6) is 0 Å². The average Bonchev–Trinajstić information content (AvgIpc) is 1.68. The van der Waals surface area contributed by atoms with Crippen molar-refractivity contribution < 1.29 is 52.7 Å². The fourth-order valence-electron chi connectivity index (χ4n) is 11.1. The molecule has 0 saturated heterocycles. The molecule has 28 heteroatoms. The van der Waals surface area contributed by atoms with Gasteiger partial charge in [-0.1, -0.05) is 103 Å². The quantitative estimate of drug-likeness (QED) is 0.0381. The van der Waals surface area contributed by atoms with Gasteiger partial charge in [0.2, 0.25) is 65.0 Å². The fourth-order valence-corrected chi connectivity index (χ4v) is 11.1. The van der Waals surface area contributed by atoms with Gasteiger partial charge in [-0.05, 0) is 117 Å². The Hall–Kier alpha value is -6.07. The van der Waals surface area contributed by atoms with Crippen molar-refractivity contribution >= 4 is 65.0 Å². The minimum absolute atomic E-state index is 0.000350. The molecule has 5 atom stereocenters. The number of carbonyl (C=O) groups excluding carboxylic acids is 11. The Morgan fingerprint density at radius 1 is 0.309 bits per heavy atom. The first-order chi connectivity index (χ1) is 45.0. The van der Waals surface area contributed by atoms with Gasteiger partial charge in [0, 0.05) is 102 Å². The zero-order chi connectivity index (χ0) is 70.5. The van der Waals surface area contributed by atoms with Crippen molar-refractivity contribution in [3.8, 4) is 0 Å². The summed E-state index contributed by atoms with van der Waals surface area (Å²) in [6, 6.07) is -3.18. The van der Waals surface area contributed by atoms with Crippen molar-refractivity contribution in [2.24, 2.45) is 40.1 Å². The lowest BCUT2D eigenvalue weighted by molar-refractivity contribution is -0.138. The van der Waals surface area contributed by atoms with E-state index in [1.165, 1.54) is 103 Å². The molecule has 0 aromatic carbocycles. The molecule has 544 valence electrons. The van der Waals surface area contributed by atoms with Gasteiger partial charge in [-0.2, -0.15) is 0 Å². The number of carbonyl (C=O) groups is 11. The van der Waals surface area contributed by atoms with Gasteiger partial charge in [0.15, 0.2) is 0 Å². The van der Waals surface area contributed by atoms with E-state index in [1.807, 2.05) is 0 Å². The Morgan fingerprint density at radius 3 is 0.883 bits per heavy atom. The molecule has 94 heavy (non-hydrogen) atoms. The molecule has 0 aliphatic heterocycles. The molecule has 0 unspecified atom stereocenters. The highest BCUT2D eigenvalue weighted by Crippen LogP contribution is 2.15. The molecule has 28 nitrogen and oxygen atoms in total. The van der Waals surface area contributed by atoms with Crippen LogP contribution in [0.1, 0.15) is 221 Å². The number of unbranched alkanes of at least 4 members (excludes halogenated alkanes) is 15. The predicted molar refractivity (Wildman–Crippen MR) is 368 cm³/mol. The van der Waals surface area contributed by atoms with Gasteiger partial charge in [-0.3, -0.25) is 52.7 Å². The van der Waals surface area contributed by atoms with Gasteiger partial charge in [0.05, 0.1) is 32.7 Å². The van der Waals surface area contributed by atoms with E-state index in [4.69, 9.17) is 40.1 Å². The second-order valence-corrected chi connectivity index (χ2v) is 25.3. The highest BCUT2D eigenvalue weighted by atomic mass is 16.2. The second kappa shape index (κ2) is 56.1. The molecule has 0 fully saturated rings. The van der Waals surface area contributed by atoms with E-state index in [1.54, 1.807) is 13.8 Å². The summed E-state index contributed by atoms with van der Waals surface area (Å²) < 4.78 is 0. The van der Waals surface area contributed by atoms with Crippen LogP contribution in [-0.4, -0.2) is 224 Å². The van der Waals surface area contributed by atoms with E-state index >= 15 is 0 Å². The molecule has 0 aliphatic rings. The summed E-state index contributed by atoms with van der Waals surface area (Å²) in [5, 5.41) is 14.7. The highest BCUT2D eigenvalue weighted by Gasteiger charge is 2.29. The summed E-state index contributed by atoms with van der Waals surface area (Å²) in [5.41, 5.74) is 40.3. The van der Waals surface area contributed by atoms with Crippen LogP contribution in [0.3, 0.4) is 0 Å². The summed E-state index contributed by atoms with van der Waals surface area (Å²) in [4.78, 5) is 154. The van der Waals surface area contributed by atoms with Crippen molar-refractivity contribution in [1.29, 1.82) is 0 Å². The van der Waals surface area contributed by atoms with E-state index < -0.39 is 97.1 Å². The first-order valence-electron chi connectivity index (χ1n) is 35.3. The Bertz CT molecular complexity index is 2170. The number of hydrogen-bond donors (Lipinski definition) is 12. The summed E-state index contributed by atoms with van der Waals surface area (Å²) in [7, 11) is 0. The predicted octanol–water partition coefficient (Wildman–Crippen LogP) is 1.20. The van der Waals surface area contributed by atoms with Crippen LogP contribution in [0.2, 0.25) is 0 Å². The number of hydrogen-bond acceptors (Lipinski definition) is 17. The molecule has 19 N–H and O–H groups in total. The van der Waals surface area contributed by atoms with Gasteiger partial charge < -0.3 is 91.2 Å². The van der Waals surface area contributed by atoms with Crippen LogP contribution in [-0.2, 0) is 52.7 Å². The third-order valence-corrected chi connectivity index (χ3v) is 16.2. The SMILES string of the molecule is CCCCCCCCCCCCCCCC(=O)N[C@@H](C)CN(CC(=O)N[C@@H](C)CN(CC(=O)N[C@@H](CCCCN)CN(CC(=O)N[C@@H](CCCCN)CN(CC(=O)N[C@@H](CCCCN)CN(CC(N)=O)C(=O)CCCN)C(=O)CCCN)C(=O)CCCN)C(C)=O)C(C)=O. The van der Waals surface area contributed by atoms with E-state index in [9.17, 15) is 52.7 Å². The van der Waals surface area contributed by atoms with Crippen molar-refractivity contribution in [3.63, 3.8) is 0 Å². The molecule has 0 aliphatic carbocycles. The lowest BCUT2D eigenvalue weighted by atomic mass is 10.0. The van der Waals surface area contributed by atoms with E-state index in [-0.39, 0.29) is 102 Å². The molecule has 0 saturated carbocycles. The van der Waals surface area contributed by atoms with E-state index in [0.717, 1.165) is 19.3 Å². The van der Waals surface area contributed by atoms with Gasteiger partial charge in [0.1, 0.15) is 0 Å². The van der Waals surface area contributed by atoms with Crippen LogP contribution in [0.15, 0.2) is 0 Å². The molecule has 0 rings (SSSR count). The smallest absolute Gasteiger partial charge is 0.239 e. The molecule has 0 bridgehead atoms. The number of nitrogens with zero attached hydrogens (tertiary/aromatic N) is 5. The normalized spacial score (nSPS) is 12.7. The largest absolute Gasteiger partial charge is 0.368 e. The van der Waals surface area contributed by atoms with Gasteiger partial charge >= 0.3 is 0 Å². The minimum atomic E-state index is -0.734. The first-order valence-corrected chi connectivity index (χ1v) is 35.3. The molecule has 11 amide bonds. The van der Waals surface area contributed by atoms with Crippen LogP contribution >= 0.6 is 0 Å². The van der Waals surface area contributed by atoms with Gasteiger partial charge in [0.25, 0.3) is 0 Å². The third kappa shape index (κ3) is 46.1. The molecule has 0 aromatic heterocycles. The Labute approximate surface area is 562 Å². The fraction of sp³-hybridized carbons (Fsp3) is 0.833. The van der Waals surface area contributed by atoms with Crippen LogP contribution in [0.25, 0.3) is 0 Å². The Morgan fingerprint density at radius 2 is 0.585 bits per heavy atom. The highest BCUT2D eigenvalue weighted by molar-refractivity contribution is 5.88. The van der Waals surface area contributed by atoms with Crippen LogP contribution in [0, 0.1) is 0 Å². The monoisotopic (exact) mass is 1340 g/mol. The van der Waals surface area contributed by atoms with Crippen LogP contribution < -0.4 is 66.7 Å². The molecule has 0 aromatic rings. The van der Waals surface area contributed by atoms with Gasteiger partial charge in [-0.25, -0.2) is 0 Å². The van der Waals surface area contributed by atoms with Crippen molar-refractivity contribution in [3.05, 3.63) is 0 Å². The topological polar surface area (TPSA) is 446 Å². The Kier molecular flexibility index (Phi) is 52.5. The average molecular weight is 1340 g/mol. The molecule has 0 radical (unpaired) electrons. The van der Waals surface area contributed by atoms with Crippen molar-refractivity contribution in [1.82, 2.24) is 51.1 Å². The van der Waals surface area contributed by atoms with Crippen molar-refractivity contribution in [2.45, 2.75) is 251 Å². The molecular weight excluding hydrogens is 1210 g/mol. The third-order valence-electron chi connectivity index (χ3n) is 16.2. The summed E-state index contributed by atoms with van der Waals surface area (Å²) in [6.45, 7) is 7.83. The standard InChI is InChI=1S/C66H129N17O11/c1-6-7-8-9-10-11-12-13-14-15-16-17-18-31-59(87)74-51(2)41-79(53(4)84)47-60(88)75-52(3)42-80(54(5)85)48-61(89)76-56(29-20-23-36-68)44-82(65(93)33-26-39-71)50-63(91)78-57(30-21-24-37-69)45-83(66(94)34-27-40-72)49-62(90)77-55(28-19-22-35-67)43-81(46-58(73)86)64(92)32-25-38-70/h51-52,55-57H,6-50,67-72H2,1-5H3,(H2,73,86)(H,74,87)(H,75,88)(H,76,89)(H,77,90)(H,78,91)/t51-,52-,55-,56-,57-/m0/s1. The maximum Gasteiger partial charge on any atom is 0.239 e. The molecule has 0 heterocycles. The van der Waals surface area contributed by atoms with Gasteiger partial charge in [-0.15, -0.1) is 0 Å². The lowest BCUT2D eigenvalue weighted by Crippen LogP contribution is -2.54. The maximum absolute atomic E-state index is 14.3.